The van der Waals surface area contributed by atoms with Crippen LogP contribution in [0.4, 0.5) is 0 Å². The van der Waals surface area contributed by atoms with Crippen LogP contribution in [-0.4, -0.2) is 19.7 Å². The molecule has 0 spiro atoms. The molecule has 5 nitrogen and oxygen atoms in total. The van der Waals surface area contributed by atoms with Crippen molar-refractivity contribution in [1.82, 2.24) is 19.7 Å². The lowest BCUT2D eigenvalue weighted by Gasteiger charge is -2.11. The zero-order valence-corrected chi connectivity index (χ0v) is 14.6. The molecule has 7 heteroatoms. The maximum atomic E-state index is 12.3. The van der Waals surface area contributed by atoms with Crippen molar-refractivity contribution >= 4 is 37.5 Å². The number of aromatic nitrogens is 4. The van der Waals surface area contributed by atoms with E-state index in [4.69, 9.17) is 0 Å². The SMILES string of the molecule is Cc1nn(C(C)c2nc3sc(C)c(C)c3c(=O)[nH]2)cc1Br. The predicted molar refractivity (Wildman–Crippen MR) is 88.2 cm³/mol. The van der Waals surface area contributed by atoms with Gasteiger partial charge in [-0.1, -0.05) is 0 Å². The minimum absolute atomic E-state index is 0.0772. The first-order valence-electron chi connectivity index (χ1n) is 6.59. The van der Waals surface area contributed by atoms with Gasteiger partial charge in [-0.05, 0) is 49.2 Å². The van der Waals surface area contributed by atoms with Gasteiger partial charge in [-0.25, -0.2) is 4.98 Å². The molecule has 1 N–H and O–H groups in total. The maximum Gasteiger partial charge on any atom is 0.259 e. The normalized spacial score (nSPS) is 13.0. The van der Waals surface area contributed by atoms with Crippen molar-refractivity contribution in [3.63, 3.8) is 0 Å². The number of fused-ring (bicyclic) bond motifs is 1. The summed E-state index contributed by atoms with van der Waals surface area (Å²) in [6.07, 6.45) is 1.90. The molecule has 0 aromatic carbocycles. The van der Waals surface area contributed by atoms with Gasteiger partial charge in [0.25, 0.3) is 5.56 Å². The number of H-pyrrole nitrogens is 1. The molecule has 1 unspecified atom stereocenters. The Balaban J connectivity index is 2.14. The number of nitrogens with zero attached hydrogens (tertiary/aromatic N) is 3. The molecule has 0 fully saturated rings. The molecule has 0 aliphatic carbocycles. The van der Waals surface area contributed by atoms with Gasteiger partial charge in [-0.3, -0.25) is 9.48 Å². The lowest BCUT2D eigenvalue weighted by Crippen LogP contribution is -2.17. The summed E-state index contributed by atoms with van der Waals surface area (Å²) in [6.45, 7) is 7.87. The predicted octanol–water partition coefficient (Wildman–Crippen LogP) is 3.48. The highest BCUT2D eigenvalue weighted by Crippen LogP contribution is 2.27. The van der Waals surface area contributed by atoms with Gasteiger partial charge in [0.2, 0.25) is 0 Å². The second-order valence-corrected chi connectivity index (χ2v) is 7.19. The van der Waals surface area contributed by atoms with E-state index in [-0.39, 0.29) is 11.6 Å². The van der Waals surface area contributed by atoms with E-state index in [0.29, 0.717) is 11.2 Å². The van der Waals surface area contributed by atoms with Gasteiger partial charge in [0, 0.05) is 11.1 Å². The second-order valence-electron chi connectivity index (χ2n) is 5.13. The van der Waals surface area contributed by atoms with Crippen LogP contribution in [0.25, 0.3) is 10.2 Å². The first-order chi connectivity index (χ1) is 9.88. The lowest BCUT2D eigenvalue weighted by atomic mass is 10.2. The van der Waals surface area contributed by atoms with Gasteiger partial charge in [-0.15, -0.1) is 11.3 Å². The molecule has 3 rings (SSSR count). The number of rotatable bonds is 2. The van der Waals surface area contributed by atoms with Crippen LogP contribution in [0.3, 0.4) is 0 Å². The van der Waals surface area contributed by atoms with Gasteiger partial charge in [-0.2, -0.15) is 5.10 Å². The Kier molecular flexibility index (Phi) is 3.49. The molecular weight excluding hydrogens is 352 g/mol. The van der Waals surface area contributed by atoms with E-state index in [0.717, 1.165) is 25.4 Å². The molecule has 110 valence electrons. The number of halogens is 1. The van der Waals surface area contributed by atoms with Gasteiger partial charge in [0.15, 0.2) is 0 Å². The van der Waals surface area contributed by atoms with Crippen molar-refractivity contribution in [2.75, 3.05) is 0 Å². The Labute approximate surface area is 134 Å². The monoisotopic (exact) mass is 366 g/mol. The summed E-state index contributed by atoms with van der Waals surface area (Å²) >= 11 is 5.01. The first kappa shape index (κ1) is 14.5. The molecule has 0 bridgehead atoms. The van der Waals surface area contributed by atoms with Crippen LogP contribution in [0.5, 0.6) is 0 Å². The van der Waals surface area contributed by atoms with Gasteiger partial charge in [0.05, 0.1) is 15.6 Å². The third kappa shape index (κ3) is 2.34. The molecule has 0 saturated heterocycles. The number of thiophene rings is 1. The van der Waals surface area contributed by atoms with Crippen LogP contribution < -0.4 is 5.56 Å². The standard InChI is InChI=1S/C14H15BrN4OS/c1-6-9(4)21-14-11(6)13(20)16-12(17-14)8(3)19-5-10(15)7(2)18-19/h5,8H,1-4H3,(H,16,17,20). The van der Waals surface area contributed by atoms with E-state index in [1.807, 2.05) is 33.9 Å². The molecule has 3 heterocycles. The highest BCUT2D eigenvalue weighted by molar-refractivity contribution is 9.10. The molecule has 21 heavy (non-hydrogen) atoms. The molecule has 0 aliphatic heterocycles. The van der Waals surface area contributed by atoms with Crippen LogP contribution in [-0.2, 0) is 0 Å². The van der Waals surface area contributed by atoms with E-state index in [2.05, 4.69) is 31.0 Å². The van der Waals surface area contributed by atoms with Crippen LogP contribution in [0.1, 0.15) is 34.9 Å². The molecule has 3 aromatic heterocycles. The summed E-state index contributed by atoms with van der Waals surface area (Å²) in [4.78, 5) is 21.7. The maximum absolute atomic E-state index is 12.3. The zero-order valence-electron chi connectivity index (χ0n) is 12.2. The van der Waals surface area contributed by atoms with Gasteiger partial charge in [0.1, 0.15) is 16.7 Å². The number of nitrogens with one attached hydrogen (secondary N) is 1. The Bertz CT molecular complexity index is 873. The summed E-state index contributed by atoms with van der Waals surface area (Å²) in [5.41, 5.74) is 1.85. The number of aryl methyl sites for hydroxylation is 3. The van der Waals surface area contributed by atoms with Gasteiger partial charge < -0.3 is 4.98 Å². The van der Waals surface area contributed by atoms with Crippen molar-refractivity contribution in [3.05, 3.63) is 43.0 Å². The van der Waals surface area contributed by atoms with Crippen molar-refractivity contribution in [2.24, 2.45) is 0 Å². The molecular formula is C14H15BrN4OS. The van der Waals surface area contributed by atoms with Crippen molar-refractivity contribution in [3.8, 4) is 0 Å². The van der Waals surface area contributed by atoms with E-state index in [1.54, 1.807) is 16.0 Å². The van der Waals surface area contributed by atoms with Gasteiger partial charge >= 0.3 is 0 Å². The molecule has 1 atom stereocenters. The average molecular weight is 367 g/mol. The highest BCUT2D eigenvalue weighted by Gasteiger charge is 2.17. The van der Waals surface area contributed by atoms with Crippen LogP contribution >= 0.6 is 27.3 Å². The summed E-state index contributed by atoms with van der Waals surface area (Å²) in [6, 6.07) is -0.130. The Morgan fingerprint density at radius 2 is 2.10 bits per heavy atom. The fourth-order valence-electron chi connectivity index (χ4n) is 2.25. The first-order valence-corrected chi connectivity index (χ1v) is 8.20. The van der Waals surface area contributed by atoms with Crippen LogP contribution in [0.2, 0.25) is 0 Å². The topological polar surface area (TPSA) is 63.6 Å². The Morgan fingerprint density at radius 3 is 2.71 bits per heavy atom. The molecule has 0 radical (unpaired) electrons. The third-order valence-corrected chi connectivity index (χ3v) is 5.59. The smallest absolute Gasteiger partial charge is 0.259 e. The number of hydrogen-bond acceptors (Lipinski definition) is 4. The summed E-state index contributed by atoms with van der Waals surface area (Å²) < 4.78 is 2.75. The van der Waals surface area contributed by atoms with Crippen LogP contribution in [0, 0.1) is 20.8 Å². The Hall–Kier alpha value is -1.47. The zero-order chi connectivity index (χ0) is 15.3. The fourth-order valence-corrected chi connectivity index (χ4v) is 3.58. The molecule has 3 aromatic rings. The van der Waals surface area contributed by atoms with E-state index < -0.39 is 0 Å². The van der Waals surface area contributed by atoms with Crippen molar-refractivity contribution in [1.29, 1.82) is 0 Å². The minimum Gasteiger partial charge on any atom is -0.308 e. The quantitative estimate of drug-likeness (QED) is 0.754. The lowest BCUT2D eigenvalue weighted by molar-refractivity contribution is 0.533. The van der Waals surface area contributed by atoms with Crippen LogP contribution in [0.15, 0.2) is 15.5 Å². The molecule has 0 amide bonds. The second kappa shape index (κ2) is 5.06. The minimum atomic E-state index is -0.130. The largest absolute Gasteiger partial charge is 0.308 e. The number of hydrogen-bond donors (Lipinski definition) is 1. The highest BCUT2D eigenvalue weighted by atomic mass is 79.9. The fraction of sp³-hybridized carbons (Fsp3) is 0.357. The third-order valence-electron chi connectivity index (χ3n) is 3.71. The van der Waals surface area contributed by atoms with Crippen molar-refractivity contribution in [2.45, 2.75) is 33.7 Å². The molecule has 0 saturated carbocycles. The molecule has 0 aliphatic rings. The van der Waals surface area contributed by atoms with E-state index in [9.17, 15) is 4.79 Å². The summed E-state index contributed by atoms with van der Waals surface area (Å²) in [5, 5.41) is 5.13. The average Bonchev–Trinajstić information content (AvgIpc) is 2.90. The Morgan fingerprint density at radius 1 is 1.38 bits per heavy atom. The summed E-state index contributed by atoms with van der Waals surface area (Å²) in [5.74, 6) is 0.628. The van der Waals surface area contributed by atoms with Crippen molar-refractivity contribution < 1.29 is 0 Å². The number of aromatic amines is 1. The van der Waals surface area contributed by atoms with E-state index in [1.165, 1.54) is 0 Å². The van der Waals surface area contributed by atoms with E-state index >= 15 is 0 Å². The summed E-state index contributed by atoms with van der Waals surface area (Å²) in [7, 11) is 0.